The molecule has 1 atom stereocenters. The molecule has 0 spiro atoms. The first-order valence-corrected chi connectivity index (χ1v) is 7.20. The maximum absolute atomic E-state index is 12.1. The lowest BCUT2D eigenvalue weighted by molar-refractivity contribution is 0.00724. The van der Waals surface area contributed by atoms with Gasteiger partial charge >= 0.3 is 6.09 Å². The Morgan fingerprint density at radius 1 is 1.43 bits per heavy atom. The Hall–Kier alpha value is -1.98. The largest absolute Gasteiger partial charge is 0.472 e. The number of amides is 1. The fourth-order valence-corrected chi connectivity index (χ4v) is 2.19. The number of likely N-dealkylation sites (tertiary alicyclic amines) is 1. The maximum atomic E-state index is 12.1. The number of aromatic nitrogens is 1. The number of carbonyl (C=O) groups excluding carboxylic acids is 1. The zero-order valence-corrected chi connectivity index (χ0v) is 12.8. The maximum Gasteiger partial charge on any atom is 0.410 e. The number of rotatable bonds is 2. The highest BCUT2D eigenvalue weighted by atomic mass is 16.6. The van der Waals surface area contributed by atoms with Crippen molar-refractivity contribution < 1.29 is 14.3 Å². The van der Waals surface area contributed by atoms with Crippen molar-refractivity contribution in [3.63, 3.8) is 0 Å². The van der Waals surface area contributed by atoms with Gasteiger partial charge in [-0.2, -0.15) is 4.98 Å². The molecule has 1 saturated heterocycles. The molecule has 6 heteroatoms. The summed E-state index contributed by atoms with van der Waals surface area (Å²) in [6.07, 6.45) is 1.39. The number of nitrogen functional groups attached to an aromatic ring is 1. The monoisotopic (exact) mass is 293 g/mol. The smallest absolute Gasteiger partial charge is 0.410 e. The molecule has 21 heavy (non-hydrogen) atoms. The third kappa shape index (κ3) is 4.81. The lowest BCUT2D eigenvalue weighted by Crippen LogP contribution is -2.46. The summed E-state index contributed by atoms with van der Waals surface area (Å²) in [7, 11) is 0. The van der Waals surface area contributed by atoms with Crippen LogP contribution >= 0.6 is 0 Å². The minimum atomic E-state index is -0.486. The van der Waals surface area contributed by atoms with E-state index in [0.29, 0.717) is 24.8 Å². The van der Waals surface area contributed by atoms with E-state index in [1.54, 1.807) is 23.1 Å². The summed E-state index contributed by atoms with van der Waals surface area (Å²) < 4.78 is 11.2. The first-order valence-electron chi connectivity index (χ1n) is 7.20. The second-order valence-corrected chi connectivity index (χ2v) is 6.21. The summed E-state index contributed by atoms with van der Waals surface area (Å²) in [5.41, 5.74) is 5.15. The number of ether oxygens (including phenoxy) is 2. The molecule has 1 aliphatic heterocycles. The van der Waals surface area contributed by atoms with Crippen LogP contribution in [-0.2, 0) is 4.74 Å². The number of nitrogens with two attached hydrogens (primary N) is 1. The van der Waals surface area contributed by atoms with Gasteiger partial charge in [0.15, 0.2) is 0 Å². The van der Waals surface area contributed by atoms with Crippen LogP contribution in [0.3, 0.4) is 0 Å². The van der Waals surface area contributed by atoms with Crippen molar-refractivity contribution in [2.45, 2.75) is 45.3 Å². The molecule has 6 nitrogen and oxygen atoms in total. The Kier molecular flexibility index (Phi) is 4.55. The standard InChI is InChI=1S/C15H23N3O3/c1-15(2,3)21-14(19)18-9-5-6-11(10-18)20-13-8-4-7-12(16)17-13/h4,7-8,11H,5-6,9-10H2,1-3H3,(H2,16,17)/t11-/m0/s1. The molecule has 2 heterocycles. The fraction of sp³-hybridized carbons (Fsp3) is 0.600. The van der Waals surface area contributed by atoms with Gasteiger partial charge in [0.2, 0.25) is 5.88 Å². The molecular formula is C15H23N3O3. The van der Waals surface area contributed by atoms with Gasteiger partial charge in [0.05, 0.1) is 6.54 Å². The van der Waals surface area contributed by atoms with Crippen molar-refractivity contribution in [2.24, 2.45) is 0 Å². The lowest BCUT2D eigenvalue weighted by atomic mass is 10.1. The van der Waals surface area contributed by atoms with Crippen LogP contribution in [0.5, 0.6) is 5.88 Å². The summed E-state index contributed by atoms with van der Waals surface area (Å²) in [5, 5.41) is 0. The van der Waals surface area contributed by atoms with Gasteiger partial charge in [-0.3, -0.25) is 0 Å². The quantitative estimate of drug-likeness (QED) is 0.906. The first kappa shape index (κ1) is 15.4. The molecule has 1 aromatic rings. The average molecular weight is 293 g/mol. The van der Waals surface area contributed by atoms with Gasteiger partial charge < -0.3 is 20.1 Å². The molecule has 1 aromatic heterocycles. The van der Waals surface area contributed by atoms with Gasteiger partial charge in [-0.05, 0) is 39.7 Å². The van der Waals surface area contributed by atoms with E-state index in [2.05, 4.69) is 4.98 Å². The van der Waals surface area contributed by atoms with E-state index in [1.807, 2.05) is 20.8 Å². The van der Waals surface area contributed by atoms with E-state index >= 15 is 0 Å². The Morgan fingerprint density at radius 3 is 2.86 bits per heavy atom. The highest BCUT2D eigenvalue weighted by molar-refractivity contribution is 5.68. The van der Waals surface area contributed by atoms with Gasteiger partial charge in [0.25, 0.3) is 0 Å². The van der Waals surface area contributed by atoms with Crippen LogP contribution in [0.1, 0.15) is 33.6 Å². The summed E-state index contributed by atoms with van der Waals surface area (Å²) in [4.78, 5) is 17.9. The molecule has 0 aromatic carbocycles. The zero-order valence-electron chi connectivity index (χ0n) is 12.8. The van der Waals surface area contributed by atoms with Crippen LogP contribution in [0.2, 0.25) is 0 Å². The van der Waals surface area contributed by atoms with E-state index in [1.165, 1.54) is 0 Å². The van der Waals surface area contributed by atoms with Gasteiger partial charge in [-0.1, -0.05) is 6.07 Å². The molecule has 0 radical (unpaired) electrons. The molecule has 116 valence electrons. The second kappa shape index (κ2) is 6.20. The molecular weight excluding hydrogens is 270 g/mol. The third-order valence-electron chi connectivity index (χ3n) is 3.06. The first-order chi connectivity index (χ1) is 9.83. The van der Waals surface area contributed by atoms with Crippen molar-refractivity contribution >= 4 is 11.9 Å². The zero-order chi connectivity index (χ0) is 15.5. The van der Waals surface area contributed by atoms with Gasteiger partial charge in [-0.15, -0.1) is 0 Å². The van der Waals surface area contributed by atoms with Crippen molar-refractivity contribution in [2.75, 3.05) is 18.8 Å². The average Bonchev–Trinajstić information content (AvgIpc) is 2.37. The van der Waals surface area contributed by atoms with Gasteiger partial charge in [0.1, 0.15) is 17.5 Å². The summed E-state index contributed by atoms with van der Waals surface area (Å²) >= 11 is 0. The molecule has 1 fully saturated rings. The Balaban J connectivity index is 1.93. The number of hydrogen-bond donors (Lipinski definition) is 1. The van der Waals surface area contributed by atoms with E-state index in [0.717, 1.165) is 12.8 Å². The van der Waals surface area contributed by atoms with E-state index in [9.17, 15) is 4.79 Å². The van der Waals surface area contributed by atoms with E-state index in [4.69, 9.17) is 15.2 Å². The number of carbonyl (C=O) groups is 1. The summed E-state index contributed by atoms with van der Waals surface area (Å²) in [5.74, 6) is 0.915. The predicted molar refractivity (Wildman–Crippen MR) is 80.1 cm³/mol. The number of piperidine rings is 1. The predicted octanol–water partition coefficient (Wildman–Crippen LogP) is 2.44. The van der Waals surface area contributed by atoms with Crippen LogP contribution in [-0.4, -0.2) is 40.8 Å². The Morgan fingerprint density at radius 2 is 2.19 bits per heavy atom. The fourth-order valence-electron chi connectivity index (χ4n) is 2.19. The van der Waals surface area contributed by atoms with Crippen LogP contribution in [0.25, 0.3) is 0 Å². The minimum Gasteiger partial charge on any atom is -0.472 e. The van der Waals surface area contributed by atoms with Crippen LogP contribution in [0, 0.1) is 0 Å². The molecule has 0 unspecified atom stereocenters. The van der Waals surface area contributed by atoms with Crippen molar-refractivity contribution in [1.82, 2.24) is 9.88 Å². The Labute approximate surface area is 125 Å². The van der Waals surface area contributed by atoms with Crippen LogP contribution < -0.4 is 10.5 Å². The summed E-state index contributed by atoms with van der Waals surface area (Å²) in [6, 6.07) is 5.27. The highest BCUT2D eigenvalue weighted by Gasteiger charge is 2.28. The highest BCUT2D eigenvalue weighted by Crippen LogP contribution is 2.19. The number of nitrogens with zero attached hydrogens (tertiary/aromatic N) is 2. The number of hydrogen-bond acceptors (Lipinski definition) is 5. The minimum absolute atomic E-state index is 0.0828. The number of anilines is 1. The number of pyridine rings is 1. The van der Waals surface area contributed by atoms with Crippen LogP contribution in [0.4, 0.5) is 10.6 Å². The lowest BCUT2D eigenvalue weighted by Gasteiger charge is -2.33. The van der Waals surface area contributed by atoms with E-state index in [-0.39, 0.29) is 12.2 Å². The van der Waals surface area contributed by atoms with Crippen molar-refractivity contribution in [3.8, 4) is 5.88 Å². The van der Waals surface area contributed by atoms with Crippen molar-refractivity contribution in [1.29, 1.82) is 0 Å². The third-order valence-corrected chi connectivity index (χ3v) is 3.06. The van der Waals surface area contributed by atoms with Crippen LogP contribution in [0.15, 0.2) is 18.2 Å². The molecule has 2 rings (SSSR count). The van der Waals surface area contributed by atoms with Crippen molar-refractivity contribution in [3.05, 3.63) is 18.2 Å². The Bertz CT molecular complexity index is 499. The van der Waals surface area contributed by atoms with E-state index < -0.39 is 5.60 Å². The van der Waals surface area contributed by atoms with Gasteiger partial charge in [0, 0.05) is 12.6 Å². The normalized spacial score (nSPS) is 19.2. The molecule has 1 amide bonds. The molecule has 1 aliphatic rings. The topological polar surface area (TPSA) is 77.7 Å². The summed E-state index contributed by atoms with van der Waals surface area (Å²) in [6.45, 7) is 6.78. The molecule has 0 saturated carbocycles. The molecule has 2 N–H and O–H groups in total. The van der Waals surface area contributed by atoms with Gasteiger partial charge in [-0.25, -0.2) is 4.79 Å². The SMILES string of the molecule is CC(C)(C)OC(=O)N1CCC[C@H](Oc2cccc(N)n2)C1. The molecule has 0 aliphatic carbocycles. The molecule has 0 bridgehead atoms. The second-order valence-electron chi connectivity index (χ2n) is 6.21.